The van der Waals surface area contributed by atoms with Gasteiger partial charge in [0.1, 0.15) is 0 Å². The van der Waals surface area contributed by atoms with Crippen LogP contribution in [0.15, 0.2) is 12.1 Å². The van der Waals surface area contributed by atoms with E-state index in [1.807, 2.05) is 0 Å². The molecule has 27 heavy (non-hydrogen) atoms. The number of hydrogen-bond acceptors (Lipinski definition) is 0. The van der Waals surface area contributed by atoms with Crippen LogP contribution >= 0.6 is 0 Å². The lowest BCUT2D eigenvalue weighted by Crippen LogP contribution is -2.18. The van der Waals surface area contributed by atoms with Gasteiger partial charge in [0.15, 0.2) is 5.75 Å². The molecule has 1 nitrogen and oxygen atoms in total. The molecule has 0 amide bonds. The molecule has 0 aliphatic heterocycles. The zero-order valence-electron chi connectivity index (χ0n) is 19.3. The lowest BCUT2D eigenvalue weighted by Gasteiger charge is -2.29. The second-order valence-electron chi connectivity index (χ2n) is 9.41. The van der Waals surface area contributed by atoms with E-state index in [9.17, 15) is 5.11 Å². The van der Waals surface area contributed by atoms with Crippen molar-refractivity contribution in [1.82, 2.24) is 0 Å². The second-order valence-corrected chi connectivity index (χ2v) is 9.41. The van der Waals surface area contributed by atoms with Crippen molar-refractivity contribution in [2.45, 2.75) is 130 Å². The fourth-order valence-corrected chi connectivity index (χ4v) is 4.09. The molecule has 1 aromatic carbocycles. The minimum atomic E-state index is 0.140. The van der Waals surface area contributed by atoms with Gasteiger partial charge < -0.3 is 0 Å². The van der Waals surface area contributed by atoms with Gasteiger partial charge in [0.05, 0.1) is 0 Å². The van der Waals surface area contributed by atoms with Crippen LogP contribution in [0, 0.1) is 0 Å². The van der Waals surface area contributed by atoms with Gasteiger partial charge >= 0.3 is 0 Å². The van der Waals surface area contributed by atoms with Crippen LogP contribution in [0.1, 0.15) is 141 Å². The highest BCUT2D eigenvalue weighted by Gasteiger charge is 2.26. The highest BCUT2D eigenvalue weighted by Crippen LogP contribution is 2.42. The van der Waals surface area contributed by atoms with Gasteiger partial charge in [-0.05, 0) is 42.1 Å². The summed E-state index contributed by atoms with van der Waals surface area (Å²) in [6.45, 7) is 16.0. The first-order valence-electron chi connectivity index (χ1n) is 11.6. The van der Waals surface area contributed by atoms with E-state index >= 15 is 0 Å². The van der Waals surface area contributed by atoms with Crippen LogP contribution in [-0.2, 0) is 10.5 Å². The SMILES string of the molecule is CCCCCC(C)(C)c1cc(C(C)CCCC)c([O])c(C(C)CCCC)c1. The van der Waals surface area contributed by atoms with Crippen LogP contribution in [0.5, 0.6) is 5.75 Å². The molecule has 2 atom stereocenters. The van der Waals surface area contributed by atoms with E-state index in [-0.39, 0.29) is 5.41 Å². The topological polar surface area (TPSA) is 19.9 Å². The maximum Gasteiger partial charge on any atom is 0.185 e. The second kappa shape index (κ2) is 11.8. The Morgan fingerprint density at radius 3 is 1.63 bits per heavy atom. The van der Waals surface area contributed by atoms with Gasteiger partial charge in [0, 0.05) is 11.1 Å². The van der Waals surface area contributed by atoms with Gasteiger partial charge in [-0.1, -0.05) is 106 Å². The predicted molar refractivity (Wildman–Crippen MR) is 120 cm³/mol. The van der Waals surface area contributed by atoms with E-state index in [0.717, 1.165) is 24.0 Å². The first-order valence-corrected chi connectivity index (χ1v) is 11.6. The summed E-state index contributed by atoms with van der Waals surface area (Å²) in [6, 6.07) is 4.54. The molecule has 0 heterocycles. The molecule has 1 aromatic rings. The van der Waals surface area contributed by atoms with Crippen LogP contribution in [0.4, 0.5) is 0 Å². The molecule has 155 valence electrons. The van der Waals surface area contributed by atoms with Crippen LogP contribution in [-0.4, -0.2) is 0 Å². The fraction of sp³-hybridized carbons (Fsp3) is 0.769. The minimum absolute atomic E-state index is 0.140. The highest BCUT2D eigenvalue weighted by molar-refractivity contribution is 5.48. The zero-order chi connectivity index (χ0) is 20.4. The van der Waals surface area contributed by atoms with E-state index in [4.69, 9.17) is 0 Å². The summed E-state index contributed by atoms with van der Waals surface area (Å²) in [5, 5.41) is 13.3. The standard InChI is InChI=1S/C26H45O/c1-8-11-14-17-26(6,7)22-18-23(20(4)15-12-9-2)25(27)24(19-22)21(5)16-13-10-3/h18-21H,8-17H2,1-7H3. The molecule has 0 spiro atoms. The quantitative estimate of drug-likeness (QED) is 0.307. The normalized spacial score (nSPS) is 14.3. The molecule has 0 N–H and O–H groups in total. The van der Waals surface area contributed by atoms with Crippen LogP contribution in [0.3, 0.4) is 0 Å². The van der Waals surface area contributed by atoms with Crippen molar-refractivity contribution in [3.05, 3.63) is 28.8 Å². The van der Waals surface area contributed by atoms with Crippen molar-refractivity contribution in [3.63, 3.8) is 0 Å². The molecule has 1 heteroatoms. The summed E-state index contributed by atoms with van der Waals surface area (Å²) in [5.41, 5.74) is 3.67. The average molecular weight is 374 g/mol. The average Bonchev–Trinajstić information content (AvgIpc) is 2.64. The van der Waals surface area contributed by atoms with E-state index in [0.29, 0.717) is 17.6 Å². The Kier molecular flexibility index (Phi) is 10.5. The van der Waals surface area contributed by atoms with Crippen molar-refractivity contribution in [1.29, 1.82) is 0 Å². The number of benzene rings is 1. The molecule has 0 bridgehead atoms. The largest absolute Gasteiger partial charge is 0.289 e. The molecular weight excluding hydrogens is 328 g/mol. The van der Waals surface area contributed by atoms with Gasteiger partial charge in [-0.15, -0.1) is 0 Å². The first kappa shape index (κ1) is 24.1. The molecule has 0 aliphatic rings. The Morgan fingerprint density at radius 1 is 0.778 bits per heavy atom. The van der Waals surface area contributed by atoms with Gasteiger partial charge in [0.25, 0.3) is 0 Å². The Morgan fingerprint density at radius 2 is 1.22 bits per heavy atom. The van der Waals surface area contributed by atoms with Gasteiger partial charge in [0.2, 0.25) is 0 Å². The molecule has 0 fully saturated rings. The van der Waals surface area contributed by atoms with Crippen LogP contribution in [0.25, 0.3) is 0 Å². The predicted octanol–water partition coefficient (Wildman–Crippen LogP) is 9.28. The van der Waals surface area contributed by atoms with E-state index < -0.39 is 0 Å². The molecule has 0 saturated carbocycles. The maximum absolute atomic E-state index is 13.3. The lowest BCUT2D eigenvalue weighted by atomic mass is 9.76. The van der Waals surface area contributed by atoms with Crippen molar-refractivity contribution >= 4 is 0 Å². The van der Waals surface area contributed by atoms with Crippen molar-refractivity contribution in [2.75, 3.05) is 0 Å². The Bertz CT molecular complexity index is 508. The summed E-state index contributed by atoms with van der Waals surface area (Å²) in [7, 11) is 0. The van der Waals surface area contributed by atoms with E-state index in [1.165, 1.54) is 56.9 Å². The molecule has 1 rings (SSSR count). The molecule has 0 aliphatic carbocycles. The third kappa shape index (κ3) is 7.16. The maximum atomic E-state index is 13.3. The summed E-state index contributed by atoms with van der Waals surface area (Å²) < 4.78 is 0. The smallest absolute Gasteiger partial charge is 0.185 e. The van der Waals surface area contributed by atoms with Crippen LogP contribution < -0.4 is 0 Å². The van der Waals surface area contributed by atoms with Crippen LogP contribution in [0.2, 0.25) is 0 Å². The highest BCUT2D eigenvalue weighted by atomic mass is 16.3. The van der Waals surface area contributed by atoms with Crippen molar-refractivity contribution in [2.24, 2.45) is 0 Å². The number of rotatable bonds is 13. The van der Waals surface area contributed by atoms with Crippen molar-refractivity contribution in [3.8, 4) is 5.75 Å². The first-order chi connectivity index (χ1) is 12.8. The minimum Gasteiger partial charge on any atom is -0.289 e. The molecule has 2 unspecified atom stereocenters. The Balaban J connectivity index is 3.28. The van der Waals surface area contributed by atoms with Gasteiger partial charge in [-0.2, -0.15) is 0 Å². The summed E-state index contributed by atoms with van der Waals surface area (Å²) in [4.78, 5) is 0. The third-order valence-corrected chi connectivity index (χ3v) is 6.38. The molecule has 0 saturated heterocycles. The van der Waals surface area contributed by atoms with Crippen molar-refractivity contribution < 1.29 is 5.11 Å². The summed E-state index contributed by atoms with van der Waals surface area (Å²) >= 11 is 0. The number of unbranched alkanes of at least 4 members (excludes halogenated alkanes) is 4. The van der Waals surface area contributed by atoms with E-state index in [2.05, 4.69) is 60.6 Å². The van der Waals surface area contributed by atoms with E-state index in [1.54, 1.807) is 0 Å². The zero-order valence-corrected chi connectivity index (χ0v) is 19.3. The van der Waals surface area contributed by atoms with Gasteiger partial charge in [-0.25, -0.2) is 0 Å². The Labute approximate surface area is 170 Å². The Hall–Kier alpha value is -0.980. The summed E-state index contributed by atoms with van der Waals surface area (Å²) in [5.74, 6) is 1.05. The molecule has 1 radical (unpaired) electrons. The molecule has 0 aromatic heterocycles. The number of hydrogen-bond donors (Lipinski definition) is 0. The fourth-order valence-electron chi connectivity index (χ4n) is 4.09. The third-order valence-electron chi connectivity index (χ3n) is 6.38. The summed E-state index contributed by atoms with van der Waals surface area (Å²) in [6.07, 6.45) is 12.0. The molecular formula is C26H45O. The lowest BCUT2D eigenvalue weighted by molar-refractivity contribution is 0.336. The monoisotopic (exact) mass is 373 g/mol. The van der Waals surface area contributed by atoms with Gasteiger partial charge in [-0.3, -0.25) is 5.11 Å².